The van der Waals surface area contributed by atoms with Gasteiger partial charge in [-0.3, -0.25) is 0 Å². The van der Waals surface area contributed by atoms with Crippen LogP contribution in [0.3, 0.4) is 0 Å². The average Bonchev–Trinajstić information content (AvgIpc) is 2.72. The van der Waals surface area contributed by atoms with Crippen molar-refractivity contribution in [3.8, 4) is 0 Å². The van der Waals surface area contributed by atoms with E-state index in [1.165, 1.54) is 12.8 Å². The van der Waals surface area contributed by atoms with Crippen LogP contribution >= 0.6 is 63.7 Å². The highest BCUT2D eigenvalue weighted by Gasteiger charge is 2.75. The van der Waals surface area contributed by atoms with Crippen molar-refractivity contribution in [1.82, 2.24) is 0 Å². The van der Waals surface area contributed by atoms with Crippen LogP contribution in [-0.4, -0.2) is 6.47 Å². The molecule has 0 aromatic carbocycles. The molecule has 0 nitrogen and oxygen atoms in total. The van der Waals surface area contributed by atoms with E-state index in [2.05, 4.69) is 63.7 Å². The monoisotopic (exact) mass is 420 g/mol. The van der Waals surface area contributed by atoms with Crippen molar-refractivity contribution in [2.75, 3.05) is 0 Å². The first-order valence-electron chi connectivity index (χ1n) is 4.21. The first-order valence-corrected chi connectivity index (χ1v) is 7.38. The van der Waals surface area contributed by atoms with Gasteiger partial charge in [0.1, 0.15) is 0 Å². The van der Waals surface area contributed by atoms with Crippen molar-refractivity contribution in [3.05, 3.63) is 0 Å². The van der Waals surface area contributed by atoms with Crippen LogP contribution < -0.4 is 0 Å². The second-order valence-electron chi connectivity index (χ2n) is 4.25. The van der Waals surface area contributed by atoms with Gasteiger partial charge in [0.2, 0.25) is 0 Å². The highest BCUT2D eigenvalue weighted by molar-refractivity contribution is 9.26. The van der Waals surface area contributed by atoms with Gasteiger partial charge >= 0.3 is 0 Å². The van der Waals surface area contributed by atoms with Crippen molar-refractivity contribution in [2.24, 2.45) is 23.7 Å². The first kappa shape index (κ1) is 9.17. The molecule has 0 amide bonds. The first-order chi connectivity index (χ1) is 5.45. The molecule has 3 aliphatic rings. The molecule has 0 saturated heterocycles. The van der Waals surface area contributed by atoms with Crippen LogP contribution in [0.4, 0.5) is 0 Å². The van der Waals surface area contributed by atoms with Gasteiger partial charge in [0, 0.05) is 0 Å². The molecule has 3 fully saturated rings. The molecule has 0 bridgehead atoms. The second-order valence-corrected chi connectivity index (χ2v) is 11.6. The van der Waals surface area contributed by atoms with Crippen molar-refractivity contribution in [1.29, 1.82) is 0 Å². The fourth-order valence-electron chi connectivity index (χ4n) is 2.75. The molecule has 4 heteroatoms. The molecule has 3 aliphatic carbocycles. The molecular formula is C8H8Br4. The summed E-state index contributed by atoms with van der Waals surface area (Å²) in [5, 5.41) is 0. The topological polar surface area (TPSA) is 0 Å². The van der Waals surface area contributed by atoms with Crippen molar-refractivity contribution in [3.63, 3.8) is 0 Å². The van der Waals surface area contributed by atoms with Crippen LogP contribution in [0, 0.1) is 23.7 Å². The molecular weight excluding hydrogens is 416 g/mol. The fourth-order valence-corrected chi connectivity index (χ4v) is 6.27. The SMILES string of the molecule is BrC1(Br)C2CC3C(CC21)C3(Br)Br. The van der Waals surface area contributed by atoms with Crippen LogP contribution in [-0.2, 0) is 0 Å². The van der Waals surface area contributed by atoms with Crippen LogP contribution in [0.15, 0.2) is 0 Å². The molecule has 0 aromatic heterocycles. The highest BCUT2D eigenvalue weighted by Crippen LogP contribution is 2.79. The Labute approximate surface area is 106 Å². The normalized spacial score (nSPS) is 57.0. The van der Waals surface area contributed by atoms with Crippen LogP contribution in [0.1, 0.15) is 12.8 Å². The molecule has 3 rings (SSSR count). The highest BCUT2D eigenvalue weighted by atomic mass is 79.9. The lowest BCUT2D eigenvalue weighted by Gasteiger charge is -2.02. The molecule has 3 saturated carbocycles. The molecule has 0 aliphatic heterocycles. The lowest BCUT2D eigenvalue weighted by molar-refractivity contribution is 0.457. The Bertz CT molecular complexity index is 201. The van der Waals surface area contributed by atoms with E-state index < -0.39 is 0 Å². The third kappa shape index (κ3) is 0.989. The summed E-state index contributed by atoms with van der Waals surface area (Å²) >= 11 is 15.0. The number of hydrogen-bond donors (Lipinski definition) is 0. The number of hydrogen-bond acceptors (Lipinski definition) is 0. The maximum atomic E-state index is 3.75. The second kappa shape index (κ2) is 2.35. The Hall–Kier alpha value is 1.92. The van der Waals surface area contributed by atoms with Gasteiger partial charge in [-0.05, 0) is 36.5 Å². The van der Waals surface area contributed by atoms with E-state index in [4.69, 9.17) is 0 Å². The van der Waals surface area contributed by atoms with E-state index in [9.17, 15) is 0 Å². The van der Waals surface area contributed by atoms with Gasteiger partial charge in [-0.25, -0.2) is 0 Å². The minimum atomic E-state index is 0.309. The maximum Gasteiger partial charge on any atom is 0.0868 e. The predicted octanol–water partition coefficient (Wildman–Crippen LogP) is 4.24. The average molecular weight is 424 g/mol. The standard InChI is InChI=1S/C8H8Br4/c9-7(10)3-1-4-6(2-5(3)7)8(4,11)12/h3-6H,1-2H2. The van der Waals surface area contributed by atoms with Crippen molar-refractivity contribution >= 4 is 63.7 Å². The van der Waals surface area contributed by atoms with Gasteiger partial charge in [-0.1, -0.05) is 63.7 Å². The van der Waals surface area contributed by atoms with Gasteiger partial charge in [0.15, 0.2) is 0 Å². The van der Waals surface area contributed by atoms with Gasteiger partial charge < -0.3 is 0 Å². The molecule has 0 spiro atoms. The molecule has 0 radical (unpaired) electrons. The van der Waals surface area contributed by atoms with E-state index in [1.54, 1.807) is 0 Å². The largest absolute Gasteiger partial charge is 0.0868 e. The number of rotatable bonds is 0. The third-order valence-electron chi connectivity index (χ3n) is 3.75. The minimum absolute atomic E-state index is 0.309. The molecule has 4 atom stereocenters. The fraction of sp³-hybridized carbons (Fsp3) is 1.00. The quantitative estimate of drug-likeness (QED) is 0.511. The number of halogens is 4. The zero-order valence-electron chi connectivity index (χ0n) is 6.24. The van der Waals surface area contributed by atoms with Gasteiger partial charge in [0.25, 0.3) is 0 Å². The predicted molar refractivity (Wildman–Crippen MR) is 64.4 cm³/mol. The van der Waals surface area contributed by atoms with Gasteiger partial charge in [-0.2, -0.15) is 0 Å². The lowest BCUT2D eigenvalue weighted by atomic mass is 10.0. The Balaban J connectivity index is 1.80. The molecule has 4 unspecified atom stereocenters. The van der Waals surface area contributed by atoms with Crippen LogP contribution in [0.25, 0.3) is 0 Å². The number of fused-ring (bicyclic) bond motifs is 2. The van der Waals surface area contributed by atoms with Gasteiger partial charge in [-0.15, -0.1) is 0 Å². The molecule has 0 aromatic rings. The molecule has 0 heterocycles. The summed E-state index contributed by atoms with van der Waals surface area (Å²) in [5.41, 5.74) is 0. The Kier molecular flexibility index (Phi) is 1.80. The summed E-state index contributed by atoms with van der Waals surface area (Å²) in [6.07, 6.45) is 2.73. The Morgan fingerprint density at radius 1 is 0.667 bits per heavy atom. The van der Waals surface area contributed by atoms with E-state index in [0.717, 1.165) is 23.7 Å². The summed E-state index contributed by atoms with van der Waals surface area (Å²) in [5.74, 6) is 3.48. The zero-order chi connectivity index (χ0) is 8.72. The van der Waals surface area contributed by atoms with Gasteiger partial charge in [0.05, 0.1) is 6.47 Å². The summed E-state index contributed by atoms with van der Waals surface area (Å²) in [7, 11) is 0. The van der Waals surface area contributed by atoms with Crippen molar-refractivity contribution < 1.29 is 0 Å². The number of alkyl halides is 4. The minimum Gasteiger partial charge on any atom is -0.0721 e. The van der Waals surface area contributed by atoms with Crippen LogP contribution in [0.5, 0.6) is 0 Å². The smallest absolute Gasteiger partial charge is 0.0721 e. The van der Waals surface area contributed by atoms with Crippen molar-refractivity contribution in [2.45, 2.75) is 19.3 Å². The Morgan fingerprint density at radius 2 is 0.917 bits per heavy atom. The molecule has 12 heavy (non-hydrogen) atoms. The zero-order valence-corrected chi connectivity index (χ0v) is 12.6. The maximum absolute atomic E-state index is 3.75. The van der Waals surface area contributed by atoms with Crippen LogP contribution in [0.2, 0.25) is 0 Å². The summed E-state index contributed by atoms with van der Waals surface area (Å²) in [4.78, 5) is 0. The third-order valence-corrected chi connectivity index (χ3v) is 8.45. The Morgan fingerprint density at radius 3 is 1.17 bits per heavy atom. The van der Waals surface area contributed by atoms with E-state index in [1.807, 2.05) is 0 Å². The van der Waals surface area contributed by atoms with E-state index in [0.29, 0.717) is 6.47 Å². The lowest BCUT2D eigenvalue weighted by Crippen LogP contribution is -1.95. The molecule has 68 valence electrons. The summed E-state index contributed by atoms with van der Waals surface area (Å²) in [6.45, 7) is 0. The van der Waals surface area contributed by atoms with E-state index in [-0.39, 0.29) is 0 Å². The van der Waals surface area contributed by atoms with E-state index >= 15 is 0 Å². The molecule has 0 N–H and O–H groups in total. The summed E-state index contributed by atoms with van der Waals surface area (Å²) in [6, 6.07) is 0. The summed E-state index contributed by atoms with van der Waals surface area (Å²) < 4.78 is 0.618.